The number of amides is 2. The first kappa shape index (κ1) is 19.0. The van der Waals surface area contributed by atoms with Crippen LogP contribution in [0.5, 0.6) is 5.75 Å². The molecule has 1 heterocycles. The molecule has 0 radical (unpaired) electrons. The van der Waals surface area contributed by atoms with Crippen molar-refractivity contribution in [2.45, 2.75) is 12.8 Å². The lowest BCUT2D eigenvalue weighted by atomic mass is 10.2. The van der Waals surface area contributed by atoms with Gasteiger partial charge in [-0.15, -0.1) is 0 Å². The average molecular weight is 384 g/mol. The summed E-state index contributed by atoms with van der Waals surface area (Å²) in [6, 6.07) is 14.5. The molecule has 1 aromatic heterocycles. The Bertz CT molecular complexity index is 929. The maximum Gasteiger partial charge on any atom is 0.276 e. The van der Waals surface area contributed by atoms with E-state index < -0.39 is 17.6 Å². The van der Waals surface area contributed by atoms with Crippen LogP contribution in [-0.2, 0) is 16.0 Å². The summed E-state index contributed by atoms with van der Waals surface area (Å²) in [5.74, 6) is -0.270. The van der Waals surface area contributed by atoms with E-state index in [1.807, 2.05) is 30.3 Å². The van der Waals surface area contributed by atoms with Crippen molar-refractivity contribution in [3.8, 4) is 17.1 Å². The van der Waals surface area contributed by atoms with E-state index in [0.717, 1.165) is 5.56 Å². The van der Waals surface area contributed by atoms with Gasteiger partial charge in [0.05, 0.1) is 0 Å². The molecule has 0 saturated heterocycles. The number of rotatable bonds is 7. The van der Waals surface area contributed by atoms with Crippen LogP contribution >= 0.6 is 0 Å². The number of ether oxygens (including phenoxy) is 1. The Kier molecular flexibility index (Phi) is 6.29. The van der Waals surface area contributed by atoms with Gasteiger partial charge in [-0.1, -0.05) is 35.5 Å². The van der Waals surface area contributed by atoms with Crippen LogP contribution in [0.1, 0.15) is 12.3 Å². The molecule has 2 N–H and O–H groups in total. The van der Waals surface area contributed by atoms with E-state index >= 15 is 0 Å². The highest BCUT2D eigenvalue weighted by Crippen LogP contribution is 2.15. The minimum absolute atomic E-state index is 0.0511. The molecule has 144 valence electrons. The summed E-state index contributed by atoms with van der Waals surface area (Å²) in [7, 11) is 0. The van der Waals surface area contributed by atoms with E-state index in [1.165, 1.54) is 24.3 Å². The van der Waals surface area contributed by atoms with Gasteiger partial charge in [0.1, 0.15) is 11.6 Å². The number of aryl methyl sites for hydroxylation is 1. The zero-order chi connectivity index (χ0) is 19.8. The molecule has 0 atom stereocenters. The molecule has 0 spiro atoms. The second kappa shape index (κ2) is 9.26. The Morgan fingerprint density at radius 1 is 1.00 bits per heavy atom. The molecule has 3 aromatic rings. The van der Waals surface area contributed by atoms with Crippen LogP contribution in [0.15, 0.2) is 59.1 Å². The van der Waals surface area contributed by atoms with Crippen molar-refractivity contribution in [2.24, 2.45) is 0 Å². The molecule has 0 aliphatic carbocycles. The first-order valence-electron chi connectivity index (χ1n) is 8.44. The highest BCUT2D eigenvalue weighted by Gasteiger charge is 2.11. The minimum atomic E-state index is -0.554. The second-order valence-electron chi connectivity index (χ2n) is 5.72. The van der Waals surface area contributed by atoms with Crippen molar-refractivity contribution in [3.63, 3.8) is 0 Å². The van der Waals surface area contributed by atoms with Crippen LogP contribution in [0.4, 0.5) is 4.39 Å². The first-order chi connectivity index (χ1) is 13.6. The van der Waals surface area contributed by atoms with Crippen LogP contribution in [0.2, 0.25) is 0 Å². The van der Waals surface area contributed by atoms with E-state index in [0.29, 0.717) is 17.5 Å². The molecule has 8 nitrogen and oxygen atoms in total. The van der Waals surface area contributed by atoms with Gasteiger partial charge in [-0.25, -0.2) is 4.39 Å². The van der Waals surface area contributed by atoms with Crippen molar-refractivity contribution in [1.82, 2.24) is 21.0 Å². The molecule has 2 aromatic carbocycles. The van der Waals surface area contributed by atoms with E-state index in [9.17, 15) is 14.0 Å². The number of carbonyl (C=O) groups excluding carboxylic acids is 2. The molecule has 0 saturated carbocycles. The maximum absolute atomic E-state index is 12.8. The van der Waals surface area contributed by atoms with Gasteiger partial charge in [-0.2, -0.15) is 4.98 Å². The molecule has 9 heteroatoms. The molecule has 28 heavy (non-hydrogen) atoms. The lowest BCUT2D eigenvalue weighted by molar-refractivity contribution is -0.130. The van der Waals surface area contributed by atoms with Gasteiger partial charge in [0.15, 0.2) is 6.61 Å². The Hall–Kier alpha value is -3.75. The number of carbonyl (C=O) groups is 2. The summed E-state index contributed by atoms with van der Waals surface area (Å²) >= 11 is 0. The molecular weight excluding hydrogens is 367 g/mol. The summed E-state index contributed by atoms with van der Waals surface area (Å²) in [6.45, 7) is -0.323. The van der Waals surface area contributed by atoms with Crippen molar-refractivity contribution >= 4 is 11.8 Å². The van der Waals surface area contributed by atoms with Gasteiger partial charge in [0, 0.05) is 18.4 Å². The van der Waals surface area contributed by atoms with Gasteiger partial charge in [0.2, 0.25) is 17.6 Å². The average Bonchev–Trinajstić information content (AvgIpc) is 3.20. The summed E-state index contributed by atoms with van der Waals surface area (Å²) in [5, 5.41) is 3.87. The van der Waals surface area contributed by atoms with Gasteiger partial charge in [0.25, 0.3) is 5.91 Å². The predicted octanol–water partition coefficient (Wildman–Crippen LogP) is 2.03. The molecule has 0 bridgehead atoms. The molecule has 0 aliphatic rings. The van der Waals surface area contributed by atoms with Gasteiger partial charge in [-0.3, -0.25) is 20.4 Å². The summed E-state index contributed by atoms with van der Waals surface area (Å²) in [4.78, 5) is 27.7. The monoisotopic (exact) mass is 384 g/mol. The van der Waals surface area contributed by atoms with E-state index in [4.69, 9.17) is 9.26 Å². The standard InChI is InChI=1S/C19H17FN4O4/c20-14-6-8-15(9-7-14)27-12-17(26)23-22-16(25)10-11-18-21-19(24-28-18)13-4-2-1-3-5-13/h1-9H,10-12H2,(H,22,25)(H,23,26). The van der Waals surface area contributed by atoms with Crippen molar-refractivity contribution in [1.29, 1.82) is 0 Å². The van der Waals surface area contributed by atoms with Crippen LogP contribution in [0, 0.1) is 5.82 Å². The summed E-state index contributed by atoms with van der Waals surface area (Å²) in [5.41, 5.74) is 5.31. The van der Waals surface area contributed by atoms with Crippen LogP contribution in [-0.4, -0.2) is 28.6 Å². The maximum atomic E-state index is 12.8. The van der Waals surface area contributed by atoms with Crippen LogP contribution in [0.3, 0.4) is 0 Å². The number of hydrogen-bond acceptors (Lipinski definition) is 6. The molecule has 0 fully saturated rings. The number of nitrogens with zero attached hydrogens (tertiary/aromatic N) is 2. The zero-order valence-corrected chi connectivity index (χ0v) is 14.7. The number of halogens is 1. The van der Waals surface area contributed by atoms with Crippen molar-refractivity contribution in [2.75, 3.05) is 6.61 Å². The van der Waals surface area contributed by atoms with Crippen LogP contribution in [0.25, 0.3) is 11.4 Å². The molecular formula is C19H17FN4O4. The fourth-order valence-electron chi connectivity index (χ4n) is 2.20. The Morgan fingerprint density at radius 3 is 2.46 bits per heavy atom. The second-order valence-corrected chi connectivity index (χ2v) is 5.72. The lowest BCUT2D eigenvalue weighted by Gasteiger charge is -2.08. The molecule has 3 rings (SSSR count). The Morgan fingerprint density at radius 2 is 1.71 bits per heavy atom. The van der Waals surface area contributed by atoms with Gasteiger partial charge < -0.3 is 9.26 Å². The highest BCUT2D eigenvalue weighted by molar-refractivity contribution is 5.82. The number of hydrazine groups is 1. The Balaban J connectivity index is 1.37. The highest BCUT2D eigenvalue weighted by atomic mass is 19.1. The van der Waals surface area contributed by atoms with Gasteiger partial charge in [-0.05, 0) is 24.3 Å². The van der Waals surface area contributed by atoms with E-state index in [1.54, 1.807) is 0 Å². The Labute approximate surface area is 159 Å². The summed E-state index contributed by atoms with van der Waals surface area (Å²) < 4.78 is 23.1. The first-order valence-corrected chi connectivity index (χ1v) is 8.44. The van der Waals surface area contributed by atoms with Crippen molar-refractivity contribution in [3.05, 3.63) is 66.3 Å². The molecule has 2 amide bonds. The lowest BCUT2D eigenvalue weighted by Crippen LogP contribution is -2.43. The van der Waals surface area contributed by atoms with Gasteiger partial charge >= 0.3 is 0 Å². The number of nitrogens with one attached hydrogen (secondary N) is 2. The molecule has 0 unspecified atom stereocenters. The largest absolute Gasteiger partial charge is 0.484 e. The number of benzene rings is 2. The molecule has 0 aliphatic heterocycles. The smallest absolute Gasteiger partial charge is 0.276 e. The SMILES string of the molecule is O=C(CCc1nc(-c2ccccc2)no1)NNC(=O)COc1ccc(F)cc1. The fraction of sp³-hybridized carbons (Fsp3) is 0.158. The van der Waals surface area contributed by atoms with Crippen molar-refractivity contribution < 1.29 is 23.2 Å². The van der Waals surface area contributed by atoms with E-state index in [-0.39, 0.29) is 19.4 Å². The fourth-order valence-corrected chi connectivity index (χ4v) is 2.20. The normalized spacial score (nSPS) is 10.3. The minimum Gasteiger partial charge on any atom is -0.484 e. The quantitative estimate of drug-likeness (QED) is 0.604. The van der Waals surface area contributed by atoms with E-state index in [2.05, 4.69) is 21.0 Å². The third-order valence-electron chi connectivity index (χ3n) is 3.59. The topological polar surface area (TPSA) is 106 Å². The number of aromatic nitrogens is 2. The third-order valence-corrected chi connectivity index (χ3v) is 3.59. The van der Waals surface area contributed by atoms with Crippen LogP contribution < -0.4 is 15.6 Å². The summed E-state index contributed by atoms with van der Waals surface area (Å²) in [6.07, 6.45) is 0.281. The number of hydrogen-bond donors (Lipinski definition) is 2. The predicted molar refractivity (Wildman–Crippen MR) is 96.2 cm³/mol. The zero-order valence-electron chi connectivity index (χ0n) is 14.7. The third kappa shape index (κ3) is 5.63.